The summed E-state index contributed by atoms with van der Waals surface area (Å²) in [7, 11) is -18.5. The van der Waals surface area contributed by atoms with Gasteiger partial charge in [-0.25, -0.2) is 75.5 Å². The number of hydrogen-bond acceptors (Lipinski definition) is 24. The highest BCUT2D eigenvalue weighted by molar-refractivity contribution is 9.10. The number of carbonyl (C=O) groups excluding carboxylic acids is 2. The van der Waals surface area contributed by atoms with Crippen molar-refractivity contribution in [1.29, 1.82) is 0 Å². The van der Waals surface area contributed by atoms with E-state index in [1.165, 1.54) is 153 Å². The average molecular weight is 2170 g/mol. The number of carbonyl (C=O) groups is 2. The van der Waals surface area contributed by atoms with E-state index < -0.39 is 61.6 Å². The molecule has 0 bridgehead atoms. The number of ketones is 1. The Morgan fingerprint density at radius 1 is 0.467 bits per heavy atom. The van der Waals surface area contributed by atoms with Crippen molar-refractivity contribution in [2.45, 2.75) is 206 Å². The predicted octanol–water partition coefficient (Wildman–Crippen LogP) is 11.2. The fourth-order valence-corrected chi connectivity index (χ4v) is 28.5. The van der Waals surface area contributed by atoms with Crippen LogP contribution in [0.3, 0.4) is 0 Å². The molecular weight excluding hydrogens is 2050 g/mol. The fraction of sp³-hybridized carbons (Fsp3) is 0.516. The summed E-state index contributed by atoms with van der Waals surface area (Å²) in [4.78, 5) is 23.7. The first-order chi connectivity index (χ1) is 65.3. The lowest BCUT2D eigenvalue weighted by atomic mass is 9.69. The number of halogens is 3. The van der Waals surface area contributed by atoms with Crippen molar-refractivity contribution >= 4 is 121 Å². The first-order valence-corrected chi connectivity index (χ1v) is 57.0. The molecule has 0 radical (unpaired) electrons. The number of nitrogens with two attached hydrogens (primary N) is 2. The number of nitrogens with zero attached hydrogens (tertiary/aromatic N) is 11. The van der Waals surface area contributed by atoms with E-state index in [0.717, 1.165) is 140 Å². The van der Waals surface area contributed by atoms with Gasteiger partial charge in [-0.05, 0) is 239 Å². The maximum Gasteiger partial charge on any atom is 0.333 e. The number of rotatable bonds is 14. The quantitative estimate of drug-likeness (QED) is 0.0393. The van der Waals surface area contributed by atoms with Crippen LogP contribution in [0.1, 0.15) is 145 Å². The Hall–Kier alpha value is -8.63. The van der Waals surface area contributed by atoms with Gasteiger partial charge in [0.1, 0.15) is 0 Å². The van der Waals surface area contributed by atoms with E-state index in [1.807, 2.05) is 48.6 Å². The molecule has 0 unspecified atom stereocenters. The largest absolute Gasteiger partial charge is 0.477 e. The molecule has 6 fully saturated rings. The normalized spacial score (nSPS) is 20.4. The van der Waals surface area contributed by atoms with Crippen LogP contribution in [0.15, 0.2) is 157 Å². The van der Waals surface area contributed by atoms with Crippen molar-refractivity contribution in [2.75, 3.05) is 107 Å². The van der Waals surface area contributed by atoms with E-state index in [-0.39, 0.29) is 75.5 Å². The highest BCUT2D eigenvalue weighted by Crippen LogP contribution is 2.51. The summed E-state index contributed by atoms with van der Waals surface area (Å²) in [5.41, 5.74) is 21.7. The molecule has 24 rings (SSSR count). The number of anilines is 2. The Kier molecular flexibility index (Phi) is 29.2. The van der Waals surface area contributed by atoms with E-state index in [1.54, 1.807) is 83.7 Å². The Labute approximate surface area is 825 Å². The molecule has 7 aliphatic carbocycles. The Balaban J connectivity index is 0.000000115. The molecule has 5 aromatic carbocycles. The van der Waals surface area contributed by atoms with Crippen LogP contribution >= 0.6 is 47.8 Å². The smallest absolute Gasteiger partial charge is 0.333 e. The SMILES string of the molecule is Brc1cnn2c1OCC1(CCC1)C2.Cc1ccc(S(=O)(=O)N2CC(CO)(CBr)C2)cc1.Cc1ccc(S(=O)(=O)N2CC(CO)(CBr)C2)cc1.Cc1ccc(S(=O)(=O)N2CC3(COc4c(S(=O)(=O)NC(=O)Nc5c6c(cc7c5CCC7)CCC6)cnn4C3)C2)cc1.NS(=O)(=O)c1cnn2c1OCC1(CCC1)C2.Nc1c2c(cc3c1CCC3)CCC2.O=C1C=CNC1.c1cc2n(n1)CC1(CCC1)CO2. The lowest BCUT2D eigenvalue weighted by molar-refractivity contribution is -0.113. The van der Waals surface area contributed by atoms with Gasteiger partial charge in [0.25, 0.3) is 10.0 Å². The van der Waals surface area contributed by atoms with Crippen molar-refractivity contribution in [3.63, 3.8) is 0 Å². The minimum Gasteiger partial charge on any atom is -0.477 e. The van der Waals surface area contributed by atoms with Crippen LogP contribution in [0, 0.1) is 53.3 Å². The molecule has 15 aliphatic rings. The molecule has 137 heavy (non-hydrogen) atoms. The fourth-order valence-electron chi connectivity index (χ4n) is 20.4. The van der Waals surface area contributed by atoms with Crippen molar-refractivity contribution in [3.8, 4) is 23.5 Å². The monoisotopic (exact) mass is 2170 g/mol. The van der Waals surface area contributed by atoms with Crippen LogP contribution in [0.25, 0.3) is 0 Å². The Bertz CT molecular complexity index is 6470. The third kappa shape index (κ3) is 21.1. The second-order valence-electron chi connectivity index (χ2n) is 39.6. The van der Waals surface area contributed by atoms with E-state index in [4.69, 9.17) is 29.8 Å². The number of aryl methyl sites for hydroxylation is 7. The zero-order valence-corrected chi connectivity index (χ0v) is 85.9. The van der Waals surface area contributed by atoms with Crippen LogP contribution < -0.4 is 45.2 Å². The molecule has 8 aliphatic heterocycles. The zero-order chi connectivity index (χ0) is 96.9. The minimum absolute atomic E-state index is 0.00182. The van der Waals surface area contributed by atoms with Gasteiger partial charge in [0.2, 0.25) is 63.6 Å². The van der Waals surface area contributed by atoms with Gasteiger partial charge in [0.05, 0.1) is 122 Å². The molecule has 9 aromatic rings. The maximum atomic E-state index is 13.2. The number of aliphatic hydroxyl groups is 2. The van der Waals surface area contributed by atoms with E-state index in [0.29, 0.717) is 83.0 Å². The van der Waals surface area contributed by atoms with Gasteiger partial charge in [-0.3, -0.25) is 4.79 Å². The summed E-state index contributed by atoms with van der Waals surface area (Å²) < 4.78 is 161. The lowest BCUT2D eigenvalue weighted by Gasteiger charge is -2.50. The number of nitrogens with one attached hydrogen (secondary N) is 3. The van der Waals surface area contributed by atoms with Gasteiger partial charge in [-0.15, -0.1) is 0 Å². The minimum atomic E-state index is -4.28. The molecule has 0 atom stereocenters. The van der Waals surface area contributed by atoms with Crippen molar-refractivity contribution in [1.82, 2.24) is 62.1 Å². The molecule has 4 spiro atoms. The third-order valence-corrected chi connectivity index (χ3v) is 39.8. The number of aromatic nitrogens is 8. The van der Waals surface area contributed by atoms with Crippen molar-refractivity contribution in [2.24, 2.45) is 37.6 Å². The molecule has 3 saturated heterocycles. The van der Waals surface area contributed by atoms with Gasteiger partial charge >= 0.3 is 6.03 Å². The molecule has 4 aromatic heterocycles. The van der Waals surface area contributed by atoms with E-state index >= 15 is 0 Å². The Morgan fingerprint density at radius 2 is 0.847 bits per heavy atom. The number of amides is 2. The summed E-state index contributed by atoms with van der Waals surface area (Å²) in [6.45, 7) is 13.8. The van der Waals surface area contributed by atoms with Crippen molar-refractivity contribution < 1.29 is 80.8 Å². The zero-order valence-electron chi connectivity index (χ0n) is 77.1. The molecule has 34 nitrogen and oxygen atoms in total. The van der Waals surface area contributed by atoms with Crippen LogP contribution in [-0.2, 0) is 132 Å². The van der Waals surface area contributed by atoms with Crippen LogP contribution in [-0.4, -0.2) is 212 Å². The van der Waals surface area contributed by atoms with Gasteiger partial charge in [-0.1, -0.05) is 116 Å². The van der Waals surface area contributed by atoms with Crippen molar-refractivity contribution in [3.05, 3.63) is 194 Å². The maximum absolute atomic E-state index is 13.2. The number of sulfonamides is 5. The first kappa shape index (κ1) is 99.9. The summed E-state index contributed by atoms with van der Waals surface area (Å²) in [5.74, 6) is 2.33. The second-order valence-corrected chi connectivity index (χ2v) is 50.5. The highest BCUT2D eigenvalue weighted by Gasteiger charge is 2.54. The molecule has 9 N–H and O–H groups in total. The number of aliphatic hydroxyl groups excluding tert-OH is 2. The average Bonchev–Trinajstić information content (AvgIpc) is 1.72. The number of primary sulfonamides is 1. The topological polar surface area (TPSA) is 451 Å². The number of fused-ring (bicyclic) bond motifs is 8. The molecule has 42 heteroatoms. The molecule has 12 heterocycles. The van der Waals surface area contributed by atoms with E-state index in [9.17, 15) is 61.9 Å². The molecule has 738 valence electrons. The highest BCUT2D eigenvalue weighted by atomic mass is 79.9. The summed E-state index contributed by atoms with van der Waals surface area (Å²) in [6.07, 6.45) is 33.9. The molecular formula is C95H119Br3N16O18S5. The van der Waals surface area contributed by atoms with Gasteiger partial charge in [0, 0.05) is 101 Å². The third-order valence-electron chi connectivity index (χ3n) is 29.2. The Morgan fingerprint density at radius 3 is 1.25 bits per heavy atom. The molecule has 2 amide bonds. The van der Waals surface area contributed by atoms with Gasteiger partial charge in [0.15, 0.2) is 15.6 Å². The number of nitrogen functional groups attached to an aromatic ring is 1. The lowest BCUT2D eigenvalue weighted by Crippen LogP contribution is -2.63. The summed E-state index contributed by atoms with van der Waals surface area (Å²) in [5, 5.41) is 47.2. The summed E-state index contributed by atoms with van der Waals surface area (Å²) in [6, 6.07) is 26.1. The predicted molar refractivity (Wildman–Crippen MR) is 525 cm³/mol. The van der Waals surface area contributed by atoms with Crippen LogP contribution in [0.4, 0.5) is 16.2 Å². The molecule has 3 saturated carbocycles. The van der Waals surface area contributed by atoms with Crippen LogP contribution in [0.5, 0.6) is 23.5 Å². The number of benzene rings is 5. The van der Waals surface area contributed by atoms with E-state index in [2.05, 4.69) is 95.7 Å². The number of ether oxygens (including phenoxy) is 4. The number of urea groups is 1. The first-order valence-electron chi connectivity index (χ1n) is 46.6. The standard InChI is InChI=1S/C28H31N5O6S2.2C12H16BrNO3S.C12H15N.C9H11BrN2O.C9H13N3O3S.C9H12N2O.C4H5NO/c1-18-8-10-21(11-9-18)41(37,38)32-14-28(15-32)16-33-26(39-17-28)24(13-29-33)40(35,36)31-27(34)30-25-22-6-2-4-19(22)12-20-5-3-7-23(20)25;2*1-10-2-4-11(5-3-10)18(16,17)14-7-12(6-13,8-14)9-15;13-12-10-5-1-3-8(10)7-9-4-2-6-11(9)12;10-7-4-11-12-5-9(2-1-3-9)6-13-8(7)12;10-16(13,14)7-4-11-12-5-9(2-1-3-9)6-15-8(7)12;1-3-9(4-1)6-11-8(12-7-9)2-5-10-11;6-4-1-2-5-3-4/h8-13H,2-7,14-17H2,1H3,(H2,30,31,34);2*2-5,15H,6-9H2,1H3;7H,1-6,13H2;4H,1-3,5-6H2;4H,1-3,5-6H2,(H2,10,13,14);2,5H,1,3-4,6-7H2;1-2,5H,3H2. The summed E-state index contributed by atoms with van der Waals surface area (Å²) >= 11 is 10.1. The number of hydrogen-bond donors (Lipinski definition) is 7. The van der Waals surface area contributed by atoms with Gasteiger partial charge in [-0.2, -0.15) is 33.3 Å². The van der Waals surface area contributed by atoms with Gasteiger partial charge < -0.3 is 45.5 Å². The second kappa shape index (κ2) is 40.0. The number of alkyl halides is 2. The van der Waals surface area contributed by atoms with Crippen LogP contribution in [0.2, 0.25) is 0 Å².